The summed E-state index contributed by atoms with van der Waals surface area (Å²) in [5, 5.41) is 28.5. The lowest BCUT2D eigenvalue weighted by molar-refractivity contribution is 0.104. The number of fused-ring (bicyclic) bond motifs is 2. The third-order valence-corrected chi connectivity index (χ3v) is 6.65. The highest BCUT2D eigenvalue weighted by Crippen LogP contribution is 2.41. The first-order valence-corrected chi connectivity index (χ1v) is 10.6. The molecule has 0 unspecified atom stereocenters. The number of rotatable bonds is 2. The van der Waals surface area contributed by atoms with Crippen LogP contribution in [0.2, 0.25) is 0 Å². The molecule has 1 aliphatic rings. The van der Waals surface area contributed by atoms with E-state index in [1.54, 1.807) is 42.5 Å². The fourth-order valence-electron chi connectivity index (χ4n) is 4.10. The van der Waals surface area contributed by atoms with Crippen molar-refractivity contribution in [2.45, 2.75) is 0 Å². The van der Waals surface area contributed by atoms with Crippen LogP contribution in [0, 0.1) is 22.7 Å². The van der Waals surface area contributed by atoms with Crippen molar-refractivity contribution in [1.29, 1.82) is 10.5 Å². The first kappa shape index (κ1) is 19.6. The van der Waals surface area contributed by atoms with Gasteiger partial charge < -0.3 is 9.67 Å². The average molecular weight is 433 g/mol. The Morgan fingerprint density at radius 2 is 1.72 bits per heavy atom. The van der Waals surface area contributed by atoms with Crippen molar-refractivity contribution in [2.75, 3.05) is 0 Å². The molecule has 0 bridgehead atoms. The fourth-order valence-corrected chi connectivity index (χ4v) is 5.17. The molecular formula is C26H15N3O2S. The van der Waals surface area contributed by atoms with E-state index in [2.05, 4.69) is 10.6 Å². The number of aromatic nitrogens is 1. The van der Waals surface area contributed by atoms with Crippen molar-refractivity contribution in [3.63, 3.8) is 0 Å². The Labute approximate surface area is 188 Å². The van der Waals surface area contributed by atoms with Crippen LogP contribution in [0.5, 0.6) is 5.75 Å². The van der Waals surface area contributed by atoms with Gasteiger partial charge in [0.25, 0.3) is 0 Å². The summed E-state index contributed by atoms with van der Waals surface area (Å²) in [5.74, 6) is 0.0414. The number of benzene rings is 2. The van der Waals surface area contributed by atoms with Crippen LogP contribution in [0.25, 0.3) is 33.1 Å². The maximum Gasteiger partial charge on any atom is 0.194 e. The maximum absolute atomic E-state index is 13.1. The quantitative estimate of drug-likeness (QED) is 0.325. The summed E-state index contributed by atoms with van der Waals surface area (Å²) < 4.78 is 3.12. The van der Waals surface area contributed by atoms with Crippen molar-refractivity contribution in [3.8, 4) is 29.1 Å². The second-order valence-electron chi connectivity index (χ2n) is 7.44. The Balaban J connectivity index is 1.63. The number of Topliss-reactive ketones (excluding diaryl/α,β-unsaturated/α-hetero) is 1. The minimum atomic E-state index is -0.180. The Kier molecular flexibility index (Phi) is 4.52. The number of phenolic OH excluding ortho intramolecular Hbond substituents is 1. The van der Waals surface area contributed by atoms with Crippen LogP contribution in [0.15, 0.2) is 71.8 Å². The van der Waals surface area contributed by atoms with Gasteiger partial charge in [0.2, 0.25) is 0 Å². The highest BCUT2D eigenvalue weighted by molar-refractivity contribution is 7.19. The molecular weight excluding hydrogens is 418 g/mol. The zero-order chi connectivity index (χ0) is 22.4. The lowest BCUT2D eigenvalue weighted by Crippen LogP contribution is -1.95. The maximum atomic E-state index is 13.1. The molecule has 0 saturated carbocycles. The minimum Gasteiger partial charge on any atom is -0.508 e. The van der Waals surface area contributed by atoms with Crippen LogP contribution in [0.1, 0.15) is 20.8 Å². The number of nitrogens with zero attached hydrogens (tertiary/aromatic N) is 3. The van der Waals surface area contributed by atoms with Gasteiger partial charge >= 0.3 is 0 Å². The molecule has 1 aliphatic carbocycles. The van der Waals surface area contributed by atoms with Gasteiger partial charge in [-0.05, 0) is 53.6 Å². The first-order chi connectivity index (χ1) is 15.5. The van der Waals surface area contributed by atoms with Crippen LogP contribution < -0.4 is 0 Å². The Hall–Kier alpha value is -4.39. The standard InChI is InChI=1S/C26H15N3O2S/c1-29-22(15-6-8-17(30)9-7-15)12-24-23(29)11-18(32-24)10-21-25(16(13-27)14-28)19-4-2-3-5-20(19)26(21)31/h2-12,30H,1H3/b21-10-. The number of hydrogen-bond acceptors (Lipinski definition) is 5. The zero-order valence-electron chi connectivity index (χ0n) is 17.0. The molecule has 152 valence electrons. The van der Waals surface area contributed by atoms with E-state index in [-0.39, 0.29) is 17.1 Å². The van der Waals surface area contributed by atoms with Crippen molar-refractivity contribution >= 4 is 39.0 Å². The Morgan fingerprint density at radius 1 is 1.03 bits per heavy atom. The molecule has 0 spiro atoms. The summed E-state index contributed by atoms with van der Waals surface area (Å²) in [4.78, 5) is 14.0. The summed E-state index contributed by atoms with van der Waals surface area (Å²) in [5.41, 5.74) is 4.86. The molecule has 4 aromatic rings. The number of allylic oxidation sites excluding steroid dienone is 3. The summed E-state index contributed by atoms with van der Waals surface area (Å²) in [6, 6.07) is 22.1. The van der Waals surface area contributed by atoms with Crippen LogP contribution in [-0.2, 0) is 7.05 Å². The third-order valence-electron chi connectivity index (χ3n) is 5.63. The number of phenols is 1. The van der Waals surface area contributed by atoms with Gasteiger partial charge in [-0.1, -0.05) is 24.3 Å². The van der Waals surface area contributed by atoms with E-state index in [1.165, 1.54) is 11.3 Å². The topological polar surface area (TPSA) is 89.8 Å². The highest BCUT2D eigenvalue weighted by Gasteiger charge is 2.32. The molecule has 0 fully saturated rings. The number of thiophene rings is 1. The Morgan fingerprint density at radius 3 is 2.38 bits per heavy atom. The van der Waals surface area contributed by atoms with Gasteiger partial charge in [0, 0.05) is 34.3 Å². The average Bonchev–Trinajstić information content (AvgIpc) is 3.43. The van der Waals surface area contributed by atoms with Crippen molar-refractivity contribution in [3.05, 3.63) is 87.8 Å². The van der Waals surface area contributed by atoms with E-state index >= 15 is 0 Å². The van der Waals surface area contributed by atoms with Gasteiger partial charge in [-0.2, -0.15) is 10.5 Å². The second kappa shape index (κ2) is 7.39. The molecule has 32 heavy (non-hydrogen) atoms. The normalized spacial score (nSPS) is 13.9. The van der Waals surface area contributed by atoms with E-state index in [4.69, 9.17) is 0 Å². The number of aryl methyl sites for hydroxylation is 1. The fraction of sp³-hybridized carbons (Fsp3) is 0.0385. The van der Waals surface area contributed by atoms with Crippen molar-refractivity contribution in [1.82, 2.24) is 4.57 Å². The lowest BCUT2D eigenvalue weighted by Gasteiger charge is -2.04. The first-order valence-electron chi connectivity index (χ1n) is 9.81. The highest BCUT2D eigenvalue weighted by atomic mass is 32.1. The number of carbonyl (C=O) groups excluding carboxylic acids is 1. The van der Waals surface area contributed by atoms with Gasteiger partial charge in [0.05, 0.1) is 10.2 Å². The van der Waals surface area contributed by atoms with E-state index < -0.39 is 0 Å². The lowest BCUT2D eigenvalue weighted by atomic mass is 9.99. The van der Waals surface area contributed by atoms with Crippen molar-refractivity contribution < 1.29 is 9.90 Å². The van der Waals surface area contributed by atoms with Crippen LogP contribution >= 0.6 is 11.3 Å². The SMILES string of the molecule is Cn1c(-c2ccc(O)cc2)cc2sc(/C=C3\C(=O)c4ccccc4C3=C(C#N)C#N)cc21. The molecule has 2 heterocycles. The molecule has 2 aromatic heterocycles. The van der Waals surface area contributed by atoms with E-state index in [0.29, 0.717) is 22.3 Å². The number of carbonyl (C=O) groups is 1. The Bertz CT molecular complexity index is 1550. The molecule has 6 heteroatoms. The molecule has 5 rings (SSSR count). The molecule has 0 radical (unpaired) electrons. The number of aromatic hydroxyl groups is 1. The molecule has 0 amide bonds. The van der Waals surface area contributed by atoms with Gasteiger partial charge in [0.15, 0.2) is 5.78 Å². The van der Waals surface area contributed by atoms with E-state index in [9.17, 15) is 20.4 Å². The second-order valence-corrected chi connectivity index (χ2v) is 8.56. The van der Waals surface area contributed by atoms with Crippen molar-refractivity contribution in [2.24, 2.45) is 7.05 Å². The zero-order valence-corrected chi connectivity index (χ0v) is 17.8. The van der Waals surface area contributed by atoms with Crippen LogP contribution in [0.4, 0.5) is 0 Å². The van der Waals surface area contributed by atoms with Gasteiger partial charge in [0.1, 0.15) is 23.5 Å². The monoisotopic (exact) mass is 433 g/mol. The molecule has 5 nitrogen and oxygen atoms in total. The predicted molar refractivity (Wildman–Crippen MR) is 125 cm³/mol. The molecule has 1 N–H and O–H groups in total. The summed E-state index contributed by atoms with van der Waals surface area (Å²) >= 11 is 1.54. The number of ketones is 1. The molecule has 2 aromatic carbocycles. The number of hydrogen-bond donors (Lipinski definition) is 1. The van der Waals surface area contributed by atoms with E-state index in [1.807, 2.05) is 37.4 Å². The van der Waals surface area contributed by atoms with Gasteiger partial charge in [-0.25, -0.2) is 0 Å². The van der Waals surface area contributed by atoms with Gasteiger partial charge in [-0.15, -0.1) is 11.3 Å². The minimum absolute atomic E-state index is 0.0646. The summed E-state index contributed by atoms with van der Waals surface area (Å²) in [6.45, 7) is 0. The van der Waals surface area contributed by atoms with Crippen LogP contribution in [0.3, 0.4) is 0 Å². The summed E-state index contributed by atoms with van der Waals surface area (Å²) in [6.07, 6.45) is 1.78. The van der Waals surface area contributed by atoms with Gasteiger partial charge in [-0.3, -0.25) is 4.79 Å². The molecule has 0 aliphatic heterocycles. The number of nitriles is 2. The third kappa shape index (κ3) is 2.94. The molecule has 0 atom stereocenters. The smallest absolute Gasteiger partial charge is 0.194 e. The largest absolute Gasteiger partial charge is 0.508 e. The predicted octanol–water partition coefficient (Wildman–Crippen LogP) is 5.69. The summed E-state index contributed by atoms with van der Waals surface area (Å²) in [7, 11) is 1.97. The van der Waals surface area contributed by atoms with Crippen LogP contribution in [-0.4, -0.2) is 15.5 Å². The molecule has 0 saturated heterocycles. The van der Waals surface area contributed by atoms with E-state index in [0.717, 1.165) is 26.4 Å².